The smallest absolute Gasteiger partial charge is 0.245 e. The molecule has 0 aliphatic carbocycles. The molecule has 3 nitrogen and oxygen atoms in total. The summed E-state index contributed by atoms with van der Waals surface area (Å²) in [5.74, 6) is -0.165. The van der Waals surface area contributed by atoms with Crippen LogP contribution in [0.5, 0.6) is 0 Å². The second kappa shape index (κ2) is 4.07. The van der Waals surface area contributed by atoms with Crippen molar-refractivity contribution in [2.75, 3.05) is 0 Å². The molecule has 0 atom stereocenters. The van der Waals surface area contributed by atoms with E-state index in [4.69, 9.17) is 0 Å². The molecule has 0 fully saturated rings. The first kappa shape index (κ1) is 11.2. The average molecular weight is 256 g/mol. The number of aryl methyl sites for hydroxylation is 1. The maximum absolute atomic E-state index is 11.1. The highest BCUT2D eigenvalue weighted by Crippen LogP contribution is 2.26. The summed E-state index contributed by atoms with van der Waals surface area (Å²) < 4.78 is 3.14. The first-order valence-electron chi connectivity index (χ1n) is 5.69. The van der Waals surface area contributed by atoms with Crippen LogP contribution in [0.3, 0.4) is 0 Å². The zero-order chi connectivity index (χ0) is 12.7. The van der Waals surface area contributed by atoms with Gasteiger partial charge in [-0.3, -0.25) is 4.79 Å². The van der Waals surface area contributed by atoms with Crippen LogP contribution in [-0.4, -0.2) is 10.5 Å². The predicted molar refractivity (Wildman–Crippen MR) is 74.5 cm³/mol. The number of thiazole rings is 1. The number of carbonyl (C=O) groups is 1. The Bertz CT molecular complexity index is 827. The van der Waals surface area contributed by atoms with Gasteiger partial charge in [0.2, 0.25) is 5.91 Å². The van der Waals surface area contributed by atoms with Crippen LogP contribution in [0.2, 0.25) is 0 Å². The highest BCUT2D eigenvalue weighted by molar-refractivity contribution is 7.17. The fraction of sp³-hybridized carbons (Fsp3) is 0.143. The number of nitrogens with zero attached hydrogens (tertiary/aromatic N) is 2. The summed E-state index contributed by atoms with van der Waals surface area (Å²) >= 11 is 1.56. The van der Waals surface area contributed by atoms with Gasteiger partial charge in [-0.05, 0) is 11.5 Å². The van der Waals surface area contributed by atoms with E-state index in [9.17, 15) is 4.79 Å². The van der Waals surface area contributed by atoms with Crippen molar-refractivity contribution in [3.8, 4) is 0 Å². The Morgan fingerprint density at radius 3 is 2.78 bits per heavy atom. The van der Waals surface area contributed by atoms with E-state index >= 15 is 0 Å². The van der Waals surface area contributed by atoms with Crippen molar-refractivity contribution in [3.63, 3.8) is 0 Å². The maximum Gasteiger partial charge on any atom is 0.245 e. The number of rotatable bonds is 0. The molecule has 0 saturated carbocycles. The summed E-state index contributed by atoms with van der Waals surface area (Å²) in [6.07, 6.45) is 0. The molecule has 2 aromatic carbocycles. The van der Waals surface area contributed by atoms with E-state index in [-0.39, 0.29) is 5.91 Å². The standard InChI is InChI=1S/C14H12N2OS/c1-9(17)15-14-16(2)12-8-7-10-5-3-4-6-11(10)13(12)18-14/h3-8H,1-2H3. The third-order valence-corrected chi connectivity index (χ3v) is 4.13. The Balaban J connectivity index is 2.50. The lowest BCUT2D eigenvalue weighted by atomic mass is 10.1. The lowest BCUT2D eigenvalue weighted by molar-refractivity contribution is -0.116. The quantitative estimate of drug-likeness (QED) is 0.609. The monoisotopic (exact) mass is 256 g/mol. The van der Waals surface area contributed by atoms with Gasteiger partial charge in [0.15, 0.2) is 4.80 Å². The molecule has 3 rings (SSSR count). The Morgan fingerprint density at radius 1 is 1.22 bits per heavy atom. The second-order valence-corrected chi connectivity index (χ2v) is 5.19. The first-order chi connectivity index (χ1) is 8.66. The van der Waals surface area contributed by atoms with E-state index in [1.807, 2.05) is 23.7 Å². The molecule has 1 aromatic heterocycles. The Kier molecular flexibility index (Phi) is 2.52. The zero-order valence-corrected chi connectivity index (χ0v) is 11.0. The number of carbonyl (C=O) groups excluding carboxylic acids is 1. The third kappa shape index (κ3) is 1.66. The van der Waals surface area contributed by atoms with E-state index < -0.39 is 0 Å². The first-order valence-corrected chi connectivity index (χ1v) is 6.51. The molecule has 18 heavy (non-hydrogen) atoms. The number of hydrogen-bond acceptors (Lipinski definition) is 2. The number of aromatic nitrogens is 1. The second-order valence-electron chi connectivity index (χ2n) is 4.21. The van der Waals surface area contributed by atoms with Crippen LogP contribution in [0, 0.1) is 0 Å². The molecule has 1 amide bonds. The van der Waals surface area contributed by atoms with Crippen molar-refractivity contribution in [2.24, 2.45) is 12.0 Å². The number of benzene rings is 2. The molecule has 0 saturated heterocycles. The molecule has 0 aliphatic heterocycles. The van der Waals surface area contributed by atoms with Crippen molar-refractivity contribution in [2.45, 2.75) is 6.92 Å². The maximum atomic E-state index is 11.1. The minimum atomic E-state index is -0.165. The lowest BCUT2D eigenvalue weighted by Gasteiger charge is -1.99. The van der Waals surface area contributed by atoms with Gasteiger partial charge >= 0.3 is 0 Å². The van der Waals surface area contributed by atoms with Gasteiger partial charge in [0.1, 0.15) is 0 Å². The molecule has 0 bridgehead atoms. The molecule has 0 aliphatic rings. The van der Waals surface area contributed by atoms with Gasteiger partial charge < -0.3 is 4.57 Å². The summed E-state index contributed by atoms with van der Waals surface area (Å²) in [5.41, 5.74) is 1.11. The zero-order valence-electron chi connectivity index (χ0n) is 10.2. The average Bonchev–Trinajstić information content (AvgIpc) is 2.66. The van der Waals surface area contributed by atoms with Crippen LogP contribution in [0.4, 0.5) is 0 Å². The topological polar surface area (TPSA) is 34.4 Å². The summed E-state index contributed by atoms with van der Waals surface area (Å²) in [6, 6.07) is 12.4. The predicted octanol–water partition coefficient (Wildman–Crippen LogP) is 2.84. The molecular weight excluding hydrogens is 244 g/mol. The van der Waals surface area contributed by atoms with Crippen LogP contribution in [0.1, 0.15) is 6.92 Å². The lowest BCUT2D eigenvalue weighted by Crippen LogP contribution is -2.11. The van der Waals surface area contributed by atoms with Crippen LogP contribution in [0.15, 0.2) is 41.4 Å². The molecule has 0 spiro atoms. The van der Waals surface area contributed by atoms with E-state index in [1.165, 1.54) is 22.4 Å². The van der Waals surface area contributed by atoms with Crippen LogP contribution < -0.4 is 4.80 Å². The highest BCUT2D eigenvalue weighted by atomic mass is 32.1. The molecule has 90 valence electrons. The van der Waals surface area contributed by atoms with Crippen LogP contribution >= 0.6 is 11.3 Å². The van der Waals surface area contributed by atoms with Crippen LogP contribution in [0.25, 0.3) is 21.0 Å². The van der Waals surface area contributed by atoms with E-state index in [2.05, 4.69) is 29.3 Å². The van der Waals surface area contributed by atoms with Crippen molar-refractivity contribution in [3.05, 3.63) is 41.2 Å². The van der Waals surface area contributed by atoms with Gasteiger partial charge in [-0.1, -0.05) is 41.7 Å². The van der Waals surface area contributed by atoms with Gasteiger partial charge in [0.05, 0.1) is 10.2 Å². The molecule has 0 unspecified atom stereocenters. The SMILES string of the molecule is CC(=O)N=c1sc2c3ccccc3ccc2n1C. The molecule has 0 radical (unpaired) electrons. The fourth-order valence-corrected chi connectivity index (χ4v) is 3.30. The molecule has 4 heteroatoms. The molecular formula is C14H12N2OS. The normalized spacial score (nSPS) is 12.4. The van der Waals surface area contributed by atoms with Gasteiger partial charge in [-0.25, -0.2) is 0 Å². The van der Waals surface area contributed by atoms with Crippen molar-refractivity contribution < 1.29 is 4.79 Å². The third-order valence-electron chi connectivity index (χ3n) is 2.95. The largest absolute Gasteiger partial charge is 0.319 e. The summed E-state index contributed by atoms with van der Waals surface area (Å²) in [6.45, 7) is 1.47. The number of hydrogen-bond donors (Lipinski definition) is 0. The minimum Gasteiger partial charge on any atom is -0.319 e. The van der Waals surface area contributed by atoms with Gasteiger partial charge in [0, 0.05) is 19.4 Å². The summed E-state index contributed by atoms with van der Waals surface area (Å²) in [7, 11) is 1.94. The van der Waals surface area contributed by atoms with Crippen molar-refractivity contribution >= 4 is 38.2 Å². The van der Waals surface area contributed by atoms with Gasteiger partial charge in [-0.2, -0.15) is 4.99 Å². The van der Waals surface area contributed by atoms with Gasteiger partial charge in [-0.15, -0.1) is 0 Å². The summed E-state index contributed by atoms with van der Waals surface area (Å²) in [4.78, 5) is 15.9. The Labute approximate surface area is 108 Å². The van der Waals surface area contributed by atoms with E-state index in [1.54, 1.807) is 11.3 Å². The van der Waals surface area contributed by atoms with Gasteiger partial charge in [0.25, 0.3) is 0 Å². The summed E-state index contributed by atoms with van der Waals surface area (Å²) in [5, 5.41) is 2.42. The number of amides is 1. The fourth-order valence-electron chi connectivity index (χ4n) is 2.10. The number of fused-ring (bicyclic) bond motifs is 3. The Hall–Kier alpha value is -1.94. The van der Waals surface area contributed by atoms with Crippen molar-refractivity contribution in [1.29, 1.82) is 0 Å². The Morgan fingerprint density at radius 2 is 2.00 bits per heavy atom. The molecule has 1 heterocycles. The molecule has 3 aromatic rings. The van der Waals surface area contributed by atoms with Crippen molar-refractivity contribution in [1.82, 2.24) is 4.57 Å². The van der Waals surface area contributed by atoms with E-state index in [0.29, 0.717) is 0 Å². The van der Waals surface area contributed by atoms with E-state index in [0.717, 1.165) is 10.3 Å². The van der Waals surface area contributed by atoms with Crippen LogP contribution in [-0.2, 0) is 11.8 Å². The minimum absolute atomic E-state index is 0.165. The molecule has 0 N–H and O–H groups in total. The highest BCUT2D eigenvalue weighted by Gasteiger charge is 2.06.